The van der Waals surface area contributed by atoms with E-state index in [-0.39, 0.29) is 11.5 Å². The van der Waals surface area contributed by atoms with Crippen LogP contribution in [0.4, 0.5) is 0 Å². The van der Waals surface area contributed by atoms with Gasteiger partial charge in [0, 0.05) is 18.7 Å². The van der Waals surface area contributed by atoms with Crippen LogP contribution in [0.25, 0.3) is 0 Å². The monoisotopic (exact) mass is 310 g/mol. The van der Waals surface area contributed by atoms with Gasteiger partial charge in [0.05, 0.1) is 4.90 Å². The number of sulfonamides is 1. The van der Waals surface area contributed by atoms with E-state index in [1.807, 2.05) is 18.9 Å². The zero-order valence-corrected chi connectivity index (χ0v) is 13.5. The molecular formula is C15H22N2O3S. The molecular weight excluding hydrogens is 288 g/mol. The molecule has 0 atom stereocenters. The summed E-state index contributed by atoms with van der Waals surface area (Å²) in [4.78, 5) is 2.26. The number of benzene rings is 1. The first-order chi connectivity index (χ1) is 9.90. The summed E-state index contributed by atoms with van der Waals surface area (Å²) in [6.07, 6.45) is 0. The van der Waals surface area contributed by atoms with Gasteiger partial charge in [0.2, 0.25) is 10.0 Å². The van der Waals surface area contributed by atoms with E-state index in [4.69, 9.17) is 5.11 Å². The Morgan fingerprint density at radius 1 is 1.38 bits per heavy atom. The highest BCUT2D eigenvalue weighted by Gasteiger charge is 2.14. The molecule has 0 aromatic heterocycles. The van der Waals surface area contributed by atoms with Gasteiger partial charge in [0.1, 0.15) is 6.61 Å². The fourth-order valence-corrected chi connectivity index (χ4v) is 2.80. The highest BCUT2D eigenvalue weighted by Crippen LogP contribution is 2.14. The van der Waals surface area contributed by atoms with E-state index < -0.39 is 10.0 Å². The van der Waals surface area contributed by atoms with Crippen molar-refractivity contribution in [2.75, 3.05) is 33.3 Å². The number of aliphatic hydroxyl groups is 1. The fourth-order valence-electron chi connectivity index (χ4n) is 1.69. The molecule has 0 radical (unpaired) electrons. The van der Waals surface area contributed by atoms with E-state index >= 15 is 0 Å². The maximum Gasteiger partial charge on any atom is 0.240 e. The van der Waals surface area contributed by atoms with Gasteiger partial charge in [-0.15, -0.1) is 0 Å². The molecule has 0 aliphatic carbocycles. The van der Waals surface area contributed by atoms with Gasteiger partial charge >= 0.3 is 0 Å². The summed E-state index contributed by atoms with van der Waals surface area (Å²) in [6.45, 7) is 5.51. The van der Waals surface area contributed by atoms with Crippen LogP contribution in [-0.4, -0.2) is 51.7 Å². The van der Waals surface area contributed by atoms with Crippen molar-refractivity contribution in [2.24, 2.45) is 0 Å². The van der Waals surface area contributed by atoms with Crippen LogP contribution in [0.1, 0.15) is 18.1 Å². The zero-order valence-electron chi connectivity index (χ0n) is 12.7. The zero-order chi connectivity index (χ0) is 15.9. The topological polar surface area (TPSA) is 69.6 Å². The molecule has 0 bridgehead atoms. The minimum atomic E-state index is -3.50. The summed E-state index contributed by atoms with van der Waals surface area (Å²) in [5, 5.41) is 8.68. The molecule has 6 heteroatoms. The first-order valence-electron chi connectivity index (χ1n) is 6.79. The van der Waals surface area contributed by atoms with Crippen LogP contribution < -0.4 is 4.72 Å². The second kappa shape index (κ2) is 8.15. The Bertz CT molecular complexity index is 630. The van der Waals surface area contributed by atoms with Gasteiger partial charge in [-0.25, -0.2) is 13.1 Å². The number of nitrogens with one attached hydrogen (secondary N) is 1. The van der Waals surface area contributed by atoms with Gasteiger partial charge in [-0.2, -0.15) is 0 Å². The van der Waals surface area contributed by atoms with Crippen LogP contribution in [0, 0.1) is 18.8 Å². The summed E-state index contributed by atoms with van der Waals surface area (Å²) >= 11 is 0. The summed E-state index contributed by atoms with van der Waals surface area (Å²) < 4.78 is 26.9. The van der Waals surface area contributed by atoms with Crippen molar-refractivity contribution >= 4 is 10.0 Å². The van der Waals surface area contributed by atoms with Gasteiger partial charge in [0.15, 0.2) is 0 Å². The average Bonchev–Trinajstić information content (AvgIpc) is 2.45. The lowest BCUT2D eigenvalue weighted by Crippen LogP contribution is -2.32. The SMILES string of the molecule is CCN(C)CCNS(=O)(=O)c1ccc(C#CCO)c(C)c1. The van der Waals surface area contributed by atoms with Crippen molar-refractivity contribution in [3.63, 3.8) is 0 Å². The Kier molecular flexibility index (Phi) is 6.85. The Morgan fingerprint density at radius 2 is 2.10 bits per heavy atom. The summed E-state index contributed by atoms with van der Waals surface area (Å²) in [7, 11) is -1.56. The minimum Gasteiger partial charge on any atom is -0.384 e. The molecule has 0 aliphatic rings. The standard InChI is InChI=1S/C15H22N2O3S/c1-4-17(3)10-9-16-21(19,20)15-8-7-14(6-5-11-18)13(2)12-15/h7-8,12,16,18H,4,9-11H2,1-3H3. The van der Waals surface area contributed by atoms with Gasteiger partial charge in [-0.05, 0) is 44.3 Å². The molecule has 5 nitrogen and oxygen atoms in total. The molecule has 0 saturated heterocycles. The summed E-state index contributed by atoms with van der Waals surface area (Å²) in [5.41, 5.74) is 1.48. The number of aryl methyl sites for hydroxylation is 1. The molecule has 0 amide bonds. The highest BCUT2D eigenvalue weighted by molar-refractivity contribution is 7.89. The molecule has 1 aromatic rings. The van der Waals surface area contributed by atoms with Gasteiger partial charge in [-0.3, -0.25) is 0 Å². The number of hydrogen-bond acceptors (Lipinski definition) is 4. The maximum absolute atomic E-state index is 12.2. The van der Waals surface area contributed by atoms with Crippen LogP contribution in [-0.2, 0) is 10.0 Å². The average molecular weight is 310 g/mol. The number of hydrogen-bond donors (Lipinski definition) is 2. The van der Waals surface area contributed by atoms with Crippen LogP contribution >= 0.6 is 0 Å². The van der Waals surface area contributed by atoms with E-state index in [0.29, 0.717) is 18.7 Å². The van der Waals surface area contributed by atoms with Crippen LogP contribution in [0.2, 0.25) is 0 Å². The van der Waals surface area contributed by atoms with E-state index in [2.05, 4.69) is 16.6 Å². The van der Waals surface area contributed by atoms with Gasteiger partial charge in [-0.1, -0.05) is 18.8 Å². The van der Waals surface area contributed by atoms with Crippen molar-refractivity contribution in [3.05, 3.63) is 29.3 Å². The predicted molar refractivity (Wildman–Crippen MR) is 83.5 cm³/mol. The van der Waals surface area contributed by atoms with Crippen LogP contribution in [0.5, 0.6) is 0 Å². The predicted octanol–water partition coefficient (Wildman–Crippen LogP) is 0.569. The lowest BCUT2D eigenvalue weighted by atomic mass is 10.1. The Morgan fingerprint density at radius 3 is 2.67 bits per heavy atom. The molecule has 0 unspecified atom stereocenters. The lowest BCUT2D eigenvalue weighted by Gasteiger charge is -2.14. The molecule has 0 heterocycles. The van der Waals surface area contributed by atoms with Crippen molar-refractivity contribution < 1.29 is 13.5 Å². The third kappa shape index (κ3) is 5.48. The first kappa shape index (κ1) is 17.7. The number of rotatable bonds is 6. The van der Waals surface area contributed by atoms with E-state index in [1.54, 1.807) is 19.1 Å². The van der Waals surface area contributed by atoms with E-state index in [9.17, 15) is 8.42 Å². The van der Waals surface area contributed by atoms with E-state index in [1.165, 1.54) is 6.07 Å². The van der Waals surface area contributed by atoms with Crippen LogP contribution in [0.3, 0.4) is 0 Å². The smallest absolute Gasteiger partial charge is 0.240 e. The van der Waals surface area contributed by atoms with Gasteiger partial charge < -0.3 is 10.0 Å². The molecule has 0 spiro atoms. The molecule has 1 rings (SSSR count). The fraction of sp³-hybridized carbons (Fsp3) is 0.467. The maximum atomic E-state index is 12.2. The third-order valence-electron chi connectivity index (χ3n) is 3.14. The molecule has 0 fully saturated rings. The summed E-state index contributed by atoms with van der Waals surface area (Å²) in [5.74, 6) is 5.34. The Balaban J connectivity index is 2.82. The third-order valence-corrected chi connectivity index (χ3v) is 4.59. The quantitative estimate of drug-likeness (QED) is 0.754. The highest BCUT2D eigenvalue weighted by atomic mass is 32.2. The number of likely N-dealkylation sites (N-methyl/N-ethyl adjacent to an activating group) is 1. The normalized spacial score (nSPS) is 11.3. The Labute approximate surface area is 127 Å². The van der Waals surface area contributed by atoms with Crippen molar-refractivity contribution in [1.29, 1.82) is 0 Å². The second-order valence-electron chi connectivity index (χ2n) is 4.73. The largest absolute Gasteiger partial charge is 0.384 e. The lowest BCUT2D eigenvalue weighted by molar-refractivity contribution is 0.350. The van der Waals surface area contributed by atoms with Crippen LogP contribution in [0.15, 0.2) is 23.1 Å². The molecule has 2 N–H and O–H groups in total. The van der Waals surface area contributed by atoms with Crippen molar-refractivity contribution in [2.45, 2.75) is 18.7 Å². The van der Waals surface area contributed by atoms with Crippen molar-refractivity contribution in [1.82, 2.24) is 9.62 Å². The first-order valence-corrected chi connectivity index (χ1v) is 8.27. The van der Waals surface area contributed by atoms with Gasteiger partial charge in [0.25, 0.3) is 0 Å². The molecule has 0 aliphatic heterocycles. The molecule has 0 saturated carbocycles. The van der Waals surface area contributed by atoms with Crippen molar-refractivity contribution in [3.8, 4) is 11.8 Å². The summed E-state index contributed by atoms with van der Waals surface area (Å²) in [6, 6.07) is 4.78. The molecule has 21 heavy (non-hydrogen) atoms. The van der Waals surface area contributed by atoms with E-state index in [0.717, 1.165) is 12.1 Å². The molecule has 116 valence electrons. The number of nitrogens with zero attached hydrogens (tertiary/aromatic N) is 1. The molecule has 1 aromatic carbocycles. The number of aliphatic hydroxyl groups excluding tert-OH is 1. The Hall–Kier alpha value is -1.39. The second-order valence-corrected chi connectivity index (χ2v) is 6.50. The minimum absolute atomic E-state index is 0.216.